The number of nitrogens with one attached hydrogen (secondary N) is 1. The summed E-state index contributed by atoms with van der Waals surface area (Å²) in [7, 11) is 1.69. The Balaban J connectivity index is 1.92. The second kappa shape index (κ2) is 6.38. The molecular weight excluding hydrogens is 286 g/mol. The molecule has 1 saturated carbocycles. The monoisotopic (exact) mass is 313 g/mol. The van der Waals surface area contributed by atoms with Crippen LogP contribution in [0.3, 0.4) is 0 Å². The molecule has 0 saturated heterocycles. The summed E-state index contributed by atoms with van der Waals surface area (Å²) in [6.45, 7) is 4.35. The van der Waals surface area contributed by atoms with Gasteiger partial charge in [-0.15, -0.1) is 0 Å². The highest BCUT2D eigenvalue weighted by atomic mass is 16.5. The van der Waals surface area contributed by atoms with Gasteiger partial charge in [-0.2, -0.15) is 0 Å². The van der Waals surface area contributed by atoms with Crippen molar-refractivity contribution in [2.45, 2.75) is 57.9 Å². The maximum atomic E-state index is 12.7. The van der Waals surface area contributed by atoms with Gasteiger partial charge in [-0.05, 0) is 56.9 Å². The number of carbonyl (C=O) groups excluding carboxylic acids is 1. The first-order valence-electron chi connectivity index (χ1n) is 8.69. The second-order valence-electron chi connectivity index (χ2n) is 7.50. The summed E-state index contributed by atoms with van der Waals surface area (Å²) in [5.74, 6) is 1.37. The van der Waals surface area contributed by atoms with Gasteiger partial charge in [-0.25, -0.2) is 0 Å². The largest absolute Gasteiger partial charge is 0.497 e. The Morgan fingerprint density at radius 1 is 1.26 bits per heavy atom. The number of hydrogen-bond acceptors (Lipinski definition) is 3. The van der Waals surface area contributed by atoms with Crippen molar-refractivity contribution in [3.63, 3.8) is 0 Å². The Morgan fingerprint density at radius 2 is 2.00 bits per heavy atom. The first-order chi connectivity index (χ1) is 11.0. The van der Waals surface area contributed by atoms with E-state index in [2.05, 4.69) is 31.3 Å². The second-order valence-corrected chi connectivity index (χ2v) is 7.50. The molecule has 3 rings (SSSR count). The number of benzene rings is 1. The third-order valence-corrected chi connectivity index (χ3v) is 5.00. The summed E-state index contributed by atoms with van der Waals surface area (Å²) in [6.07, 6.45) is 8.51. The highest BCUT2D eigenvalue weighted by molar-refractivity contribution is 5.98. The Labute approximate surface area is 139 Å². The standard InChI is InChI=1S/C20H27NO2/c1-20(2)13-15-11-16(23-3)9-10-17(15)18(21-20)12-19(22)14-7-5-4-6-8-14/h9-12,14,21H,4-8,13H2,1-3H3. The van der Waals surface area contributed by atoms with Gasteiger partial charge in [0, 0.05) is 28.8 Å². The Bertz CT molecular complexity index is 625. The summed E-state index contributed by atoms with van der Waals surface area (Å²) in [5.41, 5.74) is 3.29. The molecule has 0 radical (unpaired) electrons. The molecule has 1 aromatic carbocycles. The van der Waals surface area contributed by atoms with Gasteiger partial charge in [0.1, 0.15) is 5.75 Å². The van der Waals surface area contributed by atoms with E-state index in [9.17, 15) is 4.79 Å². The number of methoxy groups -OCH3 is 1. The summed E-state index contributed by atoms with van der Waals surface area (Å²) in [6, 6.07) is 6.13. The quantitative estimate of drug-likeness (QED) is 0.854. The molecule has 1 aliphatic heterocycles. The Hall–Kier alpha value is -1.77. The molecule has 3 heteroatoms. The molecular formula is C20H27NO2. The van der Waals surface area contributed by atoms with Crippen LogP contribution in [0.2, 0.25) is 0 Å². The smallest absolute Gasteiger partial charge is 0.160 e. The number of fused-ring (bicyclic) bond motifs is 1. The summed E-state index contributed by atoms with van der Waals surface area (Å²) in [4.78, 5) is 12.7. The van der Waals surface area contributed by atoms with Crippen molar-refractivity contribution in [3.05, 3.63) is 35.4 Å². The molecule has 3 nitrogen and oxygen atoms in total. The van der Waals surface area contributed by atoms with E-state index in [1.54, 1.807) is 7.11 Å². The van der Waals surface area contributed by atoms with E-state index in [4.69, 9.17) is 4.74 Å². The van der Waals surface area contributed by atoms with E-state index in [0.29, 0.717) is 0 Å². The van der Waals surface area contributed by atoms with E-state index in [1.165, 1.54) is 24.8 Å². The van der Waals surface area contributed by atoms with Crippen LogP contribution in [0.25, 0.3) is 5.70 Å². The van der Waals surface area contributed by atoms with Gasteiger partial charge in [-0.3, -0.25) is 4.79 Å². The summed E-state index contributed by atoms with van der Waals surface area (Å²) >= 11 is 0. The third-order valence-electron chi connectivity index (χ3n) is 5.00. The zero-order valence-corrected chi connectivity index (χ0v) is 14.4. The lowest BCUT2D eigenvalue weighted by Gasteiger charge is -2.36. The van der Waals surface area contributed by atoms with Crippen LogP contribution in [0.5, 0.6) is 5.75 Å². The number of allylic oxidation sites excluding steroid dienone is 1. The van der Waals surface area contributed by atoms with Crippen LogP contribution in [-0.2, 0) is 11.2 Å². The van der Waals surface area contributed by atoms with E-state index in [1.807, 2.05) is 12.1 Å². The number of rotatable bonds is 3. The minimum absolute atomic E-state index is 0.0575. The van der Waals surface area contributed by atoms with Crippen LogP contribution in [0.4, 0.5) is 0 Å². The average molecular weight is 313 g/mol. The average Bonchev–Trinajstić information content (AvgIpc) is 2.54. The minimum atomic E-state index is -0.0575. The molecule has 124 valence electrons. The van der Waals surface area contributed by atoms with Gasteiger partial charge < -0.3 is 10.1 Å². The lowest BCUT2D eigenvalue weighted by Crippen LogP contribution is -2.44. The topological polar surface area (TPSA) is 38.3 Å². The maximum absolute atomic E-state index is 12.7. The molecule has 1 N–H and O–H groups in total. The van der Waals surface area contributed by atoms with Crippen molar-refractivity contribution >= 4 is 11.5 Å². The van der Waals surface area contributed by atoms with Crippen molar-refractivity contribution in [1.82, 2.24) is 5.32 Å². The number of ether oxygens (including phenoxy) is 1. The first-order valence-corrected chi connectivity index (χ1v) is 8.69. The van der Waals surface area contributed by atoms with Crippen LogP contribution in [0, 0.1) is 5.92 Å². The number of hydrogen-bond donors (Lipinski definition) is 1. The molecule has 0 unspecified atom stereocenters. The van der Waals surface area contributed by atoms with Gasteiger partial charge >= 0.3 is 0 Å². The van der Waals surface area contributed by atoms with Crippen molar-refractivity contribution in [3.8, 4) is 5.75 Å². The van der Waals surface area contributed by atoms with Crippen LogP contribution in [0.1, 0.15) is 57.1 Å². The van der Waals surface area contributed by atoms with Gasteiger partial charge in [0.2, 0.25) is 0 Å². The fourth-order valence-corrected chi connectivity index (χ4v) is 3.82. The van der Waals surface area contributed by atoms with Gasteiger partial charge in [0.05, 0.1) is 7.11 Å². The summed E-state index contributed by atoms with van der Waals surface area (Å²) < 4.78 is 5.35. The van der Waals surface area contributed by atoms with Crippen molar-refractivity contribution in [1.29, 1.82) is 0 Å². The fourth-order valence-electron chi connectivity index (χ4n) is 3.82. The Kier molecular flexibility index (Phi) is 4.47. The molecule has 2 aliphatic rings. The highest BCUT2D eigenvalue weighted by Crippen LogP contribution is 2.33. The predicted octanol–water partition coefficient (Wildman–Crippen LogP) is 4.11. The maximum Gasteiger partial charge on any atom is 0.160 e. The highest BCUT2D eigenvalue weighted by Gasteiger charge is 2.29. The first kappa shape index (κ1) is 16.1. The predicted molar refractivity (Wildman–Crippen MR) is 93.5 cm³/mol. The van der Waals surface area contributed by atoms with Crippen molar-refractivity contribution < 1.29 is 9.53 Å². The molecule has 0 aromatic heterocycles. The third kappa shape index (κ3) is 3.60. The zero-order chi connectivity index (χ0) is 16.4. The molecule has 1 fully saturated rings. The zero-order valence-electron chi connectivity index (χ0n) is 14.4. The SMILES string of the molecule is COc1ccc2c(c1)CC(C)(C)NC2=CC(=O)C1CCCCC1. The van der Waals surface area contributed by atoms with E-state index in [0.717, 1.165) is 36.3 Å². The number of ketones is 1. The minimum Gasteiger partial charge on any atom is -0.497 e. The molecule has 0 amide bonds. The van der Waals surface area contributed by atoms with Crippen molar-refractivity contribution in [2.24, 2.45) is 5.92 Å². The van der Waals surface area contributed by atoms with E-state index < -0.39 is 0 Å². The molecule has 1 heterocycles. The molecule has 0 bridgehead atoms. The van der Waals surface area contributed by atoms with Gasteiger partial charge in [-0.1, -0.05) is 19.3 Å². The van der Waals surface area contributed by atoms with Crippen molar-refractivity contribution in [2.75, 3.05) is 7.11 Å². The fraction of sp³-hybridized carbons (Fsp3) is 0.550. The van der Waals surface area contributed by atoms with Gasteiger partial charge in [0.15, 0.2) is 5.78 Å². The molecule has 1 aliphatic carbocycles. The Morgan fingerprint density at radius 3 is 2.70 bits per heavy atom. The van der Waals surface area contributed by atoms with Crippen LogP contribution in [0.15, 0.2) is 24.3 Å². The van der Waals surface area contributed by atoms with Crippen LogP contribution in [-0.4, -0.2) is 18.4 Å². The van der Waals surface area contributed by atoms with Crippen LogP contribution < -0.4 is 10.1 Å². The van der Waals surface area contributed by atoms with Crippen LogP contribution >= 0.6 is 0 Å². The molecule has 0 atom stereocenters. The number of carbonyl (C=O) groups is 1. The normalized spacial score (nSPS) is 22.3. The molecule has 23 heavy (non-hydrogen) atoms. The van der Waals surface area contributed by atoms with E-state index >= 15 is 0 Å². The van der Waals surface area contributed by atoms with Gasteiger partial charge in [0.25, 0.3) is 0 Å². The molecule has 0 spiro atoms. The lowest BCUT2D eigenvalue weighted by atomic mass is 9.83. The molecule has 1 aromatic rings. The summed E-state index contributed by atoms with van der Waals surface area (Å²) in [5, 5.41) is 3.56. The van der Waals surface area contributed by atoms with E-state index in [-0.39, 0.29) is 17.2 Å². The lowest BCUT2D eigenvalue weighted by molar-refractivity contribution is -0.119.